The van der Waals surface area contributed by atoms with Crippen LogP contribution in [0.25, 0.3) is 0 Å². The van der Waals surface area contributed by atoms with Crippen molar-refractivity contribution in [3.05, 3.63) is 29.3 Å². The SMILES string of the molecule is COc1cc(CN(C)CC2CC3CCC2C3)ccc1CN. The molecule has 0 spiro atoms. The highest BCUT2D eigenvalue weighted by molar-refractivity contribution is 5.37. The first-order valence-electron chi connectivity index (χ1n) is 8.24. The van der Waals surface area contributed by atoms with Gasteiger partial charge in [-0.05, 0) is 55.7 Å². The lowest BCUT2D eigenvalue weighted by molar-refractivity contribution is 0.214. The highest BCUT2D eigenvalue weighted by Crippen LogP contribution is 2.48. The zero-order valence-corrected chi connectivity index (χ0v) is 13.3. The molecule has 0 aliphatic heterocycles. The van der Waals surface area contributed by atoms with Gasteiger partial charge >= 0.3 is 0 Å². The minimum absolute atomic E-state index is 0.532. The van der Waals surface area contributed by atoms with Gasteiger partial charge in [0, 0.05) is 25.2 Å². The van der Waals surface area contributed by atoms with Crippen molar-refractivity contribution >= 4 is 0 Å². The maximum atomic E-state index is 5.73. The molecule has 116 valence electrons. The van der Waals surface area contributed by atoms with Gasteiger partial charge in [0.1, 0.15) is 5.75 Å². The van der Waals surface area contributed by atoms with Crippen molar-refractivity contribution in [2.45, 2.75) is 38.8 Å². The third kappa shape index (κ3) is 3.24. The van der Waals surface area contributed by atoms with Crippen molar-refractivity contribution < 1.29 is 4.74 Å². The van der Waals surface area contributed by atoms with E-state index in [1.54, 1.807) is 7.11 Å². The maximum absolute atomic E-state index is 5.73. The zero-order chi connectivity index (χ0) is 14.8. The molecule has 3 heteroatoms. The third-order valence-corrected chi connectivity index (χ3v) is 5.45. The molecule has 0 amide bonds. The monoisotopic (exact) mass is 288 g/mol. The first-order chi connectivity index (χ1) is 10.2. The van der Waals surface area contributed by atoms with Gasteiger partial charge in [0.2, 0.25) is 0 Å². The Bertz CT molecular complexity index is 488. The second-order valence-electron chi connectivity index (χ2n) is 6.98. The third-order valence-electron chi connectivity index (χ3n) is 5.45. The Morgan fingerprint density at radius 1 is 1.29 bits per heavy atom. The van der Waals surface area contributed by atoms with Gasteiger partial charge in [-0.1, -0.05) is 18.6 Å². The van der Waals surface area contributed by atoms with Crippen LogP contribution in [0.4, 0.5) is 0 Å². The summed E-state index contributed by atoms with van der Waals surface area (Å²) < 4.78 is 5.43. The van der Waals surface area contributed by atoms with E-state index in [9.17, 15) is 0 Å². The predicted molar refractivity (Wildman–Crippen MR) is 86.2 cm³/mol. The van der Waals surface area contributed by atoms with Gasteiger partial charge in [0.05, 0.1) is 7.11 Å². The molecule has 1 aromatic rings. The van der Waals surface area contributed by atoms with Crippen LogP contribution in [0.3, 0.4) is 0 Å². The second-order valence-corrected chi connectivity index (χ2v) is 6.98. The molecule has 0 saturated heterocycles. The van der Waals surface area contributed by atoms with E-state index >= 15 is 0 Å². The van der Waals surface area contributed by atoms with Gasteiger partial charge in [-0.3, -0.25) is 0 Å². The molecule has 2 aliphatic rings. The Hall–Kier alpha value is -1.06. The summed E-state index contributed by atoms with van der Waals surface area (Å²) in [4.78, 5) is 2.47. The number of fused-ring (bicyclic) bond motifs is 2. The maximum Gasteiger partial charge on any atom is 0.123 e. The molecule has 2 bridgehead atoms. The average molecular weight is 288 g/mol. The van der Waals surface area contributed by atoms with E-state index in [1.165, 1.54) is 37.8 Å². The fourth-order valence-electron chi connectivity index (χ4n) is 4.43. The largest absolute Gasteiger partial charge is 0.496 e. The van der Waals surface area contributed by atoms with Gasteiger partial charge in [-0.15, -0.1) is 0 Å². The Balaban J connectivity index is 1.58. The molecular weight excluding hydrogens is 260 g/mol. The van der Waals surface area contributed by atoms with Crippen LogP contribution in [0.1, 0.15) is 36.8 Å². The van der Waals surface area contributed by atoms with Crippen LogP contribution in [0, 0.1) is 17.8 Å². The van der Waals surface area contributed by atoms with Crippen molar-refractivity contribution in [1.29, 1.82) is 0 Å². The van der Waals surface area contributed by atoms with Crippen molar-refractivity contribution in [3.63, 3.8) is 0 Å². The smallest absolute Gasteiger partial charge is 0.123 e. The Labute approximate surface area is 128 Å². The highest BCUT2D eigenvalue weighted by atomic mass is 16.5. The van der Waals surface area contributed by atoms with E-state index in [4.69, 9.17) is 10.5 Å². The lowest BCUT2D eigenvalue weighted by Crippen LogP contribution is -2.28. The Morgan fingerprint density at radius 2 is 2.14 bits per heavy atom. The molecule has 3 nitrogen and oxygen atoms in total. The molecule has 3 unspecified atom stereocenters. The average Bonchev–Trinajstić information content (AvgIpc) is 3.09. The number of nitrogens with two attached hydrogens (primary N) is 1. The molecule has 2 saturated carbocycles. The van der Waals surface area contributed by atoms with Crippen LogP contribution in [0.5, 0.6) is 5.75 Å². The highest BCUT2D eigenvalue weighted by Gasteiger charge is 2.39. The summed E-state index contributed by atoms with van der Waals surface area (Å²) in [6.45, 7) is 2.77. The Kier molecular flexibility index (Phi) is 4.51. The summed E-state index contributed by atoms with van der Waals surface area (Å²) in [7, 11) is 3.96. The van der Waals surface area contributed by atoms with E-state index in [0.717, 1.165) is 35.6 Å². The Morgan fingerprint density at radius 3 is 2.76 bits per heavy atom. The first kappa shape index (κ1) is 14.9. The van der Waals surface area contributed by atoms with Crippen molar-refractivity contribution in [1.82, 2.24) is 4.90 Å². The van der Waals surface area contributed by atoms with Crippen LogP contribution in [-0.2, 0) is 13.1 Å². The van der Waals surface area contributed by atoms with Crippen molar-refractivity contribution in [2.75, 3.05) is 20.7 Å². The fraction of sp³-hybridized carbons (Fsp3) is 0.667. The lowest BCUT2D eigenvalue weighted by atomic mass is 9.88. The summed E-state index contributed by atoms with van der Waals surface area (Å²) in [6.07, 6.45) is 5.92. The molecule has 2 aliphatic carbocycles. The number of benzene rings is 1. The van der Waals surface area contributed by atoms with Crippen LogP contribution < -0.4 is 10.5 Å². The standard InChI is InChI=1S/C18H28N2O/c1-20(12-17-8-13-3-5-15(17)7-13)11-14-4-6-16(10-19)18(9-14)21-2/h4,6,9,13,15,17H,3,5,7-8,10-12,19H2,1-2H3. The summed E-state index contributed by atoms with van der Waals surface area (Å²) >= 11 is 0. The van der Waals surface area contributed by atoms with E-state index in [-0.39, 0.29) is 0 Å². The molecule has 1 aromatic carbocycles. The van der Waals surface area contributed by atoms with E-state index in [0.29, 0.717) is 6.54 Å². The number of rotatable bonds is 6. The molecule has 2 fully saturated rings. The normalized spacial score (nSPS) is 27.5. The van der Waals surface area contributed by atoms with Crippen LogP contribution in [0.15, 0.2) is 18.2 Å². The molecule has 2 N–H and O–H groups in total. The topological polar surface area (TPSA) is 38.5 Å². The number of methoxy groups -OCH3 is 1. The van der Waals surface area contributed by atoms with Crippen molar-refractivity contribution in [3.8, 4) is 5.75 Å². The molecular formula is C18H28N2O. The van der Waals surface area contributed by atoms with E-state index in [2.05, 4.69) is 30.1 Å². The predicted octanol–water partition coefficient (Wildman–Crippen LogP) is 3.02. The summed E-state index contributed by atoms with van der Waals surface area (Å²) in [5.41, 5.74) is 8.13. The second kappa shape index (κ2) is 6.37. The molecule has 0 aromatic heterocycles. The van der Waals surface area contributed by atoms with Crippen LogP contribution in [-0.4, -0.2) is 25.6 Å². The van der Waals surface area contributed by atoms with Gasteiger partial charge < -0.3 is 15.4 Å². The number of hydrogen-bond donors (Lipinski definition) is 1. The minimum Gasteiger partial charge on any atom is -0.496 e. The summed E-state index contributed by atoms with van der Waals surface area (Å²) in [6, 6.07) is 6.42. The molecule has 0 radical (unpaired) electrons. The zero-order valence-electron chi connectivity index (χ0n) is 13.3. The molecule has 21 heavy (non-hydrogen) atoms. The van der Waals surface area contributed by atoms with Gasteiger partial charge in [-0.25, -0.2) is 0 Å². The van der Waals surface area contributed by atoms with Crippen LogP contribution in [0.2, 0.25) is 0 Å². The van der Waals surface area contributed by atoms with Gasteiger partial charge in [0.25, 0.3) is 0 Å². The quantitative estimate of drug-likeness (QED) is 0.874. The fourth-order valence-corrected chi connectivity index (χ4v) is 4.43. The molecule has 3 rings (SSSR count). The summed E-state index contributed by atoms with van der Waals surface area (Å²) in [5, 5.41) is 0. The molecule has 3 atom stereocenters. The van der Waals surface area contributed by atoms with Gasteiger partial charge in [-0.2, -0.15) is 0 Å². The number of nitrogens with zero attached hydrogens (tertiary/aromatic N) is 1. The van der Waals surface area contributed by atoms with E-state index in [1.807, 2.05) is 0 Å². The summed E-state index contributed by atoms with van der Waals surface area (Å²) in [5.74, 6) is 3.89. The first-order valence-corrected chi connectivity index (χ1v) is 8.24. The van der Waals surface area contributed by atoms with Gasteiger partial charge in [0.15, 0.2) is 0 Å². The molecule has 0 heterocycles. The van der Waals surface area contributed by atoms with Crippen LogP contribution >= 0.6 is 0 Å². The minimum atomic E-state index is 0.532. The lowest BCUT2D eigenvalue weighted by Gasteiger charge is -2.27. The van der Waals surface area contributed by atoms with Crippen molar-refractivity contribution in [2.24, 2.45) is 23.5 Å². The number of ether oxygens (including phenoxy) is 1. The number of hydrogen-bond acceptors (Lipinski definition) is 3. The van der Waals surface area contributed by atoms with E-state index < -0.39 is 0 Å².